The average molecular weight is 188 g/mol. The fourth-order valence-corrected chi connectivity index (χ4v) is 1.53. The molecule has 1 atom stereocenters. The van der Waals surface area contributed by atoms with Crippen LogP contribution in [0.15, 0.2) is 0 Å². The lowest BCUT2D eigenvalue weighted by molar-refractivity contribution is 0.0920. The molecule has 1 aliphatic rings. The lowest BCUT2D eigenvalue weighted by atomic mass is 10.1. The highest BCUT2D eigenvalue weighted by atomic mass is 16.5. The Balaban J connectivity index is 1.86. The van der Waals surface area contributed by atoms with Crippen LogP contribution < -0.4 is 10.6 Å². The lowest BCUT2D eigenvalue weighted by Gasteiger charge is -2.23. The van der Waals surface area contributed by atoms with Gasteiger partial charge in [0.05, 0.1) is 19.8 Å². The number of aliphatic hydroxyl groups excluding tert-OH is 1. The molecule has 3 N–H and O–H groups in total. The summed E-state index contributed by atoms with van der Waals surface area (Å²) in [5.74, 6) is 0. The molecule has 1 fully saturated rings. The number of ether oxygens (including phenoxy) is 1. The van der Waals surface area contributed by atoms with Crippen molar-refractivity contribution in [3.63, 3.8) is 0 Å². The predicted molar refractivity (Wildman–Crippen MR) is 51.8 cm³/mol. The summed E-state index contributed by atoms with van der Waals surface area (Å²) in [6.45, 7) is 4.36. The first-order valence-electron chi connectivity index (χ1n) is 5.06. The SMILES string of the molecule is OCCOCCNC1CCCNC1. The maximum Gasteiger partial charge on any atom is 0.0698 e. The van der Waals surface area contributed by atoms with E-state index in [2.05, 4.69) is 10.6 Å². The van der Waals surface area contributed by atoms with Gasteiger partial charge in [-0.2, -0.15) is 0 Å². The number of nitrogens with one attached hydrogen (secondary N) is 2. The number of piperidine rings is 1. The molecule has 13 heavy (non-hydrogen) atoms. The molecule has 0 amide bonds. The number of rotatable bonds is 6. The number of hydrogen-bond acceptors (Lipinski definition) is 4. The van der Waals surface area contributed by atoms with E-state index in [1.807, 2.05) is 0 Å². The molecule has 0 radical (unpaired) electrons. The second kappa shape index (κ2) is 7.26. The van der Waals surface area contributed by atoms with Crippen molar-refractivity contribution in [2.45, 2.75) is 18.9 Å². The highest BCUT2D eigenvalue weighted by Crippen LogP contribution is 2.00. The van der Waals surface area contributed by atoms with Crippen LogP contribution in [0.4, 0.5) is 0 Å². The van der Waals surface area contributed by atoms with Gasteiger partial charge in [-0.1, -0.05) is 0 Å². The van der Waals surface area contributed by atoms with Gasteiger partial charge in [0.2, 0.25) is 0 Å². The van der Waals surface area contributed by atoms with Crippen LogP contribution in [0.1, 0.15) is 12.8 Å². The van der Waals surface area contributed by atoms with E-state index in [4.69, 9.17) is 9.84 Å². The molecule has 0 aromatic carbocycles. The van der Waals surface area contributed by atoms with Crippen molar-refractivity contribution in [1.29, 1.82) is 0 Å². The third-order valence-electron chi connectivity index (χ3n) is 2.21. The van der Waals surface area contributed by atoms with Crippen LogP contribution in [-0.2, 0) is 4.74 Å². The molecule has 0 spiro atoms. The van der Waals surface area contributed by atoms with Crippen molar-refractivity contribution in [2.75, 3.05) is 39.5 Å². The van der Waals surface area contributed by atoms with Crippen LogP contribution >= 0.6 is 0 Å². The highest BCUT2D eigenvalue weighted by molar-refractivity contribution is 4.74. The quantitative estimate of drug-likeness (QED) is 0.484. The van der Waals surface area contributed by atoms with Gasteiger partial charge < -0.3 is 20.5 Å². The summed E-state index contributed by atoms with van der Waals surface area (Å²) < 4.78 is 5.14. The van der Waals surface area contributed by atoms with Gasteiger partial charge in [0.1, 0.15) is 0 Å². The molecule has 0 saturated carbocycles. The van der Waals surface area contributed by atoms with Crippen molar-refractivity contribution in [1.82, 2.24) is 10.6 Å². The fraction of sp³-hybridized carbons (Fsp3) is 1.00. The first-order valence-corrected chi connectivity index (χ1v) is 5.06. The zero-order valence-corrected chi connectivity index (χ0v) is 8.09. The second-order valence-corrected chi connectivity index (χ2v) is 3.33. The van der Waals surface area contributed by atoms with E-state index in [1.54, 1.807) is 0 Å². The Labute approximate surface area is 79.7 Å². The fourth-order valence-electron chi connectivity index (χ4n) is 1.53. The summed E-state index contributed by atoms with van der Waals surface area (Å²) in [4.78, 5) is 0. The molecule has 0 aromatic rings. The molecular formula is C9H20N2O2. The zero-order chi connectivity index (χ0) is 9.36. The van der Waals surface area contributed by atoms with Gasteiger partial charge >= 0.3 is 0 Å². The Morgan fingerprint density at radius 3 is 3.08 bits per heavy atom. The normalized spacial score (nSPS) is 23.3. The molecule has 1 aliphatic heterocycles. The molecule has 1 rings (SSSR count). The van der Waals surface area contributed by atoms with Crippen molar-refractivity contribution < 1.29 is 9.84 Å². The van der Waals surface area contributed by atoms with Crippen LogP contribution in [0.3, 0.4) is 0 Å². The van der Waals surface area contributed by atoms with Gasteiger partial charge in [-0.25, -0.2) is 0 Å². The topological polar surface area (TPSA) is 53.5 Å². The molecule has 78 valence electrons. The van der Waals surface area contributed by atoms with E-state index in [0.29, 0.717) is 19.3 Å². The standard InChI is InChI=1S/C9H20N2O2/c12-5-7-13-6-4-11-9-2-1-3-10-8-9/h9-12H,1-8H2. The van der Waals surface area contributed by atoms with E-state index in [0.717, 1.165) is 19.6 Å². The first kappa shape index (κ1) is 10.9. The largest absolute Gasteiger partial charge is 0.394 e. The molecule has 0 aromatic heterocycles. The van der Waals surface area contributed by atoms with Crippen LogP contribution in [-0.4, -0.2) is 50.6 Å². The Kier molecular flexibility index (Phi) is 6.10. The van der Waals surface area contributed by atoms with Crippen molar-refractivity contribution in [3.8, 4) is 0 Å². The Morgan fingerprint density at radius 1 is 1.46 bits per heavy atom. The smallest absolute Gasteiger partial charge is 0.0698 e. The minimum absolute atomic E-state index is 0.116. The van der Waals surface area contributed by atoms with E-state index in [1.165, 1.54) is 12.8 Å². The van der Waals surface area contributed by atoms with Gasteiger partial charge in [0, 0.05) is 19.1 Å². The summed E-state index contributed by atoms with van der Waals surface area (Å²) in [5.41, 5.74) is 0. The molecule has 1 heterocycles. The van der Waals surface area contributed by atoms with Crippen LogP contribution in [0, 0.1) is 0 Å². The minimum atomic E-state index is 0.116. The minimum Gasteiger partial charge on any atom is -0.394 e. The van der Waals surface area contributed by atoms with Crippen molar-refractivity contribution in [2.24, 2.45) is 0 Å². The van der Waals surface area contributed by atoms with Crippen LogP contribution in [0.2, 0.25) is 0 Å². The van der Waals surface area contributed by atoms with E-state index >= 15 is 0 Å². The predicted octanol–water partition coefficient (Wildman–Crippen LogP) is -0.663. The molecule has 1 saturated heterocycles. The summed E-state index contributed by atoms with van der Waals surface area (Å²) in [5, 5.41) is 15.2. The third kappa shape index (κ3) is 5.21. The Hall–Kier alpha value is -0.160. The molecular weight excluding hydrogens is 168 g/mol. The molecule has 0 bridgehead atoms. The Morgan fingerprint density at radius 2 is 2.38 bits per heavy atom. The number of aliphatic hydroxyl groups is 1. The van der Waals surface area contributed by atoms with E-state index < -0.39 is 0 Å². The maximum absolute atomic E-state index is 8.46. The lowest BCUT2D eigenvalue weighted by Crippen LogP contribution is -2.44. The van der Waals surface area contributed by atoms with Gasteiger partial charge in [-0.15, -0.1) is 0 Å². The maximum atomic E-state index is 8.46. The van der Waals surface area contributed by atoms with Crippen LogP contribution in [0.5, 0.6) is 0 Å². The second-order valence-electron chi connectivity index (χ2n) is 3.33. The first-order chi connectivity index (χ1) is 6.43. The van der Waals surface area contributed by atoms with Gasteiger partial charge in [0.25, 0.3) is 0 Å². The summed E-state index contributed by atoms with van der Waals surface area (Å²) >= 11 is 0. The molecule has 4 heteroatoms. The monoisotopic (exact) mass is 188 g/mol. The molecule has 0 aliphatic carbocycles. The summed E-state index contributed by atoms with van der Waals surface area (Å²) in [6.07, 6.45) is 2.52. The molecule has 1 unspecified atom stereocenters. The average Bonchev–Trinajstić information content (AvgIpc) is 2.19. The summed E-state index contributed by atoms with van der Waals surface area (Å²) in [7, 11) is 0. The van der Waals surface area contributed by atoms with Gasteiger partial charge in [0.15, 0.2) is 0 Å². The van der Waals surface area contributed by atoms with E-state index in [9.17, 15) is 0 Å². The Bertz CT molecular complexity index is 116. The van der Waals surface area contributed by atoms with Gasteiger partial charge in [-0.3, -0.25) is 0 Å². The van der Waals surface area contributed by atoms with Crippen molar-refractivity contribution in [3.05, 3.63) is 0 Å². The highest BCUT2D eigenvalue weighted by Gasteiger charge is 2.10. The van der Waals surface area contributed by atoms with E-state index in [-0.39, 0.29) is 6.61 Å². The third-order valence-corrected chi connectivity index (χ3v) is 2.21. The molecule has 4 nitrogen and oxygen atoms in total. The van der Waals surface area contributed by atoms with Crippen molar-refractivity contribution >= 4 is 0 Å². The number of hydrogen-bond donors (Lipinski definition) is 3. The van der Waals surface area contributed by atoms with Gasteiger partial charge in [-0.05, 0) is 19.4 Å². The summed E-state index contributed by atoms with van der Waals surface area (Å²) in [6, 6.07) is 0.603. The van der Waals surface area contributed by atoms with Crippen LogP contribution in [0.25, 0.3) is 0 Å². The zero-order valence-electron chi connectivity index (χ0n) is 8.09.